The van der Waals surface area contributed by atoms with Gasteiger partial charge in [0.1, 0.15) is 11.3 Å². The molecule has 0 radical (unpaired) electrons. The molecule has 3 aromatic rings. The molecule has 1 heterocycles. The molecule has 2 N–H and O–H groups in total. The number of hydrogen-bond acceptors (Lipinski definition) is 4. The first-order valence-corrected chi connectivity index (χ1v) is 11.1. The zero-order valence-electron chi connectivity index (χ0n) is 18.4. The van der Waals surface area contributed by atoms with Gasteiger partial charge in [0, 0.05) is 26.9 Å². The minimum Gasteiger partial charge on any atom is -0.497 e. The number of methoxy groups -OCH3 is 1. The lowest BCUT2D eigenvalue weighted by molar-refractivity contribution is -0.131. The van der Waals surface area contributed by atoms with Gasteiger partial charge in [-0.3, -0.25) is 14.5 Å². The lowest BCUT2D eigenvalue weighted by Crippen LogP contribution is -2.41. The van der Waals surface area contributed by atoms with Crippen LogP contribution in [0.4, 0.5) is 10.5 Å². The summed E-state index contributed by atoms with van der Waals surface area (Å²) in [7, 11) is 1.57. The van der Waals surface area contributed by atoms with Crippen molar-refractivity contribution >= 4 is 46.7 Å². The summed E-state index contributed by atoms with van der Waals surface area (Å²) in [5, 5.41) is 6.26. The number of amides is 4. The number of ether oxygens (including phenoxy) is 1. The molecule has 0 bridgehead atoms. The number of anilines is 1. The topological polar surface area (TPSA) is 87.7 Å². The molecule has 9 heteroatoms. The van der Waals surface area contributed by atoms with Crippen LogP contribution in [0.3, 0.4) is 0 Å². The quantitative estimate of drug-likeness (QED) is 0.456. The fourth-order valence-electron chi connectivity index (χ4n) is 3.74. The maximum absolute atomic E-state index is 13.2. The van der Waals surface area contributed by atoms with Crippen LogP contribution < -0.4 is 15.4 Å². The summed E-state index contributed by atoms with van der Waals surface area (Å²) in [6, 6.07) is 17.9. The van der Waals surface area contributed by atoms with Gasteiger partial charge in [-0.2, -0.15) is 0 Å². The molecule has 4 amide bonds. The van der Waals surface area contributed by atoms with E-state index in [-0.39, 0.29) is 17.5 Å². The first-order chi connectivity index (χ1) is 16.2. The molecule has 0 aliphatic carbocycles. The van der Waals surface area contributed by atoms with Gasteiger partial charge in [0.15, 0.2) is 0 Å². The average Bonchev–Trinajstić information content (AvgIpc) is 3.03. The van der Waals surface area contributed by atoms with Gasteiger partial charge in [-0.05, 0) is 61.0 Å². The number of carbonyl (C=O) groups is 3. The van der Waals surface area contributed by atoms with E-state index in [1.54, 1.807) is 74.7 Å². The summed E-state index contributed by atoms with van der Waals surface area (Å²) in [6.45, 7) is 1.65. The van der Waals surface area contributed by atoms with Crippen LogP contribution in [0.1, 0.15) is 28.4 Å². The Morgan fingerprint density at radius 2 is 1.71 bits per heavy atom. The van der Waals surface area contributed by atoms with E-state index in [0.29, 0.717) is 33.1 Å². The van der Waals surface area contributed by atoms with Crippen LogP contribution in [0.25, 0.3) is 0 Å². The van der Waals surface area contributed by atoms with Gasteiger partial charge < -0.3 is 15.4 Å². The molecule has 1 aliphatic rings. The highest BCUT2D eigenvalue weighted by Crippen LogP contribution is 2.35. The molecule has 3 aromatic carbocycles. The molecule has 7 nitrogen and oxygen atoms in total. The van der Waals surface area contributed by atoms with Crippen molar-refractivity contribution in [3.05, 3.63) is 93.5 Å². The average molecular weight is 498 g/mol. The molecule has 1 fully saturated rings. The second kappa shape index (κ2) is 9.37. The Labute approximate surface area is 206 Å². The molecule has 34 heavy (non-hydrogen) atoms. The lowest BCUT2D eigenvalue weighted by atomic mass is 9.92. The molecule has 4 rings (SSSR count). The first kappa shape index (κ1) is 23.6. The fraction of sp³-hybridized carbons (Fsp3) is 0.160. The van der Waals surface area contributed by atoms with E-state index >= 15 is 0 Å². The Morgan fingerprint density at radius 1 is 1.03 bits per heavy atom. The highest BCUT2D eigenvalue weighted by Gasteiger charge is 2.49. The predicted molar refractivity (Wildman–Crippen MR) is 130 cm³/mol. The van der Waals surface area contributed by atoms with Gasteiger partial charge in [-0.25, -0.2) is 4.79 Å². The van der Waals surface area contributed by atoms with Gasteiger partial charge in [0.05, 0.1) is 13.7 Å². The molecule has 174 valence electrons. The van der Waals surface area contributed by atoms with Crippen molar-refractivity contribution in [3.8, 4) is 5.75 Å². The Morgan fingerprint density at radius 3 is 2.32 bits per heavy atom. The molecule has 1 saturated heterocycles. The summed E-state index contributed by atoms with van der Waals surface area (Å²) >= 11 is 12.3. The number of benzene rings is 3. The van der Waals surface area contributed by atoms with Crippen molar-refractivity contribution in [2.24, 2.45) is 0 Å². The van der Waals surface area contributed by atoms with Crippen LogP contribution in [-0.4, -0.2) is 29.9 Å². The standard InChI is InChI=1S/C25H21Cl2N3O4/c1-25(20-12-7-17(26)13-21(20)27)23(32)30(24(33)29-25)14-15-3-5-16(6-4-15)22(31)28-18-8-10-19(34-2)11-9-18/h3-13H,14H2,1-2H3,(H,28,31)(H,29,33). The van der Waals surface area contributed by atoms with Crippen LogP contribution in [0, 0.1) is 0 Å². The van der Waals surface area contributed by atoms with Gasteiger partial charge in [-0.15, -0.1) is 0 Å². The molecular weight excluding hydrogens is 477 g/mol. The normalized spacial score (nSPS) is 17.5. The highest BCUT2D eigenvalue weighted by molar-refractivity contribution is 6.35. The third-order valence-electron chi connectivity index (χ3n) is 5.65. The maximum atomic E-state index is 13.2. The highest BCUT2D eigenvalue weighted by atomic mass is 35.5. The minimum atomic E-state index is -1.31. The van der Waals surface area contributed by atoms with Gasteiger partial charge in [0.25, 0.3) is 11.8 Å². The van der Waals surface area contributed by atoms with E-state index in [4.69, 9.17) is 27.9 Å². The van der Waals surface area contributed by atoms with E-state index < -0.39 is 17.5 Å². The number of rotatable bonds is 6. The second-order valence-electron chi connectivity index (χ2n) is 7.95. The summed E-state index contributed by atoms with van der Waals surface area (Å²) in [4.78, 5) is 39.5. The third-order valence-corrected chi connectivity index (χ3v) is 6.20. The number of hydrogen-bond donors (Lipinski definition) is 2. The first-order valence-electron chi connectivity index (χ1n) is 10.4. The van der Waals surface area contributed by atoms with Crippen LogP contribution in [0.15, 0.2) is 66.7 Å². The molecule has 1 aliphatic heterocycles. The summed E-state index contributed by atoms with van der Waals surface area (Å²) < 4.78 is 5.11. The van der Waals surface area contributed by atoms with Crippen molar-refractivity contribution in [2.45, 2.75) is 19.0 Å². The largest absolute Gasteiger partial charge is 0.497 e. The number of carbonyl (C=O) groups excluding carboxylic acids is 3. The van der Waals surface area contributed by atoms with Gasteiger partial charge in [-0.1, -0.05) is 41.4 Å². The molecule has 1 unspecified atom stereocenters. The lowest BCUT2D eigenvalue weighted by Gasteiger charge is -2.23. The van der Waals surface area contributed by atoms with Crippen molar-refractivity contribution < 1.29 is 19.1 Å². The van der Waals surface area contributed by atoms with Gasteiger partial charge >= 0.3 is 6.03 Å². The Balaban J connectivity index is 1.46. The van der Waals surface area contributed by atoms with Crippen molar-refractivity contribution in [3.63, 3.8) is 0 Å². The number of nitrogens with one attached hydrogen (secondary N) is 2. The van der Waals surface area contributed by atoms with Crippen LogP contribution in [-0.2, 0) is 16.9 Å². The van der Waals surface area contributed by atoms with Crippen molar-refractivity contribution in [2.75, 3.05) is 12.4 Å². The smallest absolute Gasteiger partial charge is 0.325 e. The molecule has 0 spiro atoms. The minimum absolute atomic E-state index is 0.0475. The Bertz CT molecular complexity index is 1260. The number of halogens is 2. The summed E-state index contributed by atoms with van der Waals surface area (Å²) in [5.41, 5.74) is 0.918. The summed E-state index contributed by atoms with van der Waals surface area (Å²) in [5.74, 6) is -0.0167. The SMILES string of the molecule is COc1ccc(NC(=O)c2ccc(CN3C(=O)NC(C)(c4ccc(Cl)cc4Cl)C3=O)cc2)cc1. The zero-order chi connectivity index (χ0) is 24.5. The van der Waals surface area contributed by atoms with Crippen molar-refractivity contribution in [1.29, 1.82) is 0 Å². The van der Waals surface area contributed by atoms with E-state index in [2.05, 4.69) is 10.6 Å². The zero-order valence-corrected chi connectivity index (χ0v) is 19.9. The molecular formula is C25H21Cl2N3O4. The second-order valence-corrected chi connectivity index (χ2v) is 8.79. The van der Waals surface area contributed by atoms with Crippen LogP contribution >= 0.6 is 23.2 Å². The Hall–Kier alpha value is -3.55. The fourth-order valence-corrected chi connectivity index (χ4v) is 4.34. The van der Waals surface area contributed by atoms with Crippen LogP contribution in [0.2, 0.25) is 10.0 Å². The predicted octanol–water partition coefficient (Wildman–Crippen LogP) is 5.22. The molecule has 1 atom stereocenters. The summed E-state index contributed by atoms with van der Waals surface area (Å²) in [6.07, 6.45) is 0. The van der Waals surface area contributed by atoms with E-state index in [1.807, 2.05) is 0 Å². The van der Waals surface area contributed by atoms with Gasteiger partial charge in [0.2, 0.25) is 0 Å². The van der Waals surface area contributed by atoms with E-state index in [0.717, 1.165) is 4.90 Å². The van der Waals surface area contributed by atoms with Crippen molar-refractivity contribution in [1.82, 2.24) is 10.2 Å². The van der Waals surface area contributed by atoms with E-state index in [1.165, 1.54) is 6.07 Å². The number of nitrogens with zero attached hydrogens (tertiary/aromatic N) is 1. The van der Waals surface area contributed by atoms with Crippen LogP contribution in [0.5, 0.6) is 5.75 Å². The maximum Gasteiger partial charge on any atom is 0.325 e. The molecule has 0 aromatic heterocycles. The Kier molecular flexibility index (Phi) is 6.50. The number of imide groups is 1. The number of urea groups is 1. The molecule has 0 saturated carbocycles. The third kappa shape index (κ3) is 4.58. The monoisotopic (exact) mass is 497 g/mol. The van der Waals surface area contributed by atoms with E-state index in [9.17, 15) is 14.4 Å².